The van der Waals surface area contributed by atoms with Crippen LogP contribution >= 0.6 is 38.9 Å². The fourth-order valence-electron chi connectivity index (χ4n) is 1.97. The lowest BCUT2D eigenvalue weighted by molar-refractivity contribution is 1.20. The summed E-state index contributed by atoms with van der Waals surface area (Å²) in [6.45, 7) is 2.06. The van der Waals surface area contributed by atoms with E-state index in [0.29, 0.717) is 11.0 Å². The summed E-state index contributed by atoms with van der Waals surface area (Å²) in [6.07, 6.45) is 0. The van der Waals surface area contributed by atoms with Crippen molar-refractivity contribution in [2.24, 2.45) is 0 Å². The largest absolute Gasteiger partial charge is 0.357 e. The highest BCUT2D eigenvalue weighted by Crippen LogP contribution is 2.34. The summed E-state index contributed by atoms with van der Waals surface area (Å²) in [6, 6.07) is 7.68. The Hall–Kier alpha value is -1.37. The third-order valence-corrected chi connectivity index (χ3v) is 4.79. The van der Waals surface area contributed by atoms with Gasteiger partial charge < -0.3 is 10.6 Å². The number of aryl methyl sites for hydroxylation is 1. The van der Waals surface area contributed by atoms with Crippen LogP contribution in [0.15, 0.2) is 28.7 Å². The number of benzene rings is 1. The van der Waals surface area contributed by atoms with E-state index in [-0.39, 0.29) is 0 Å². The molecule has 1 aromatic carbocycles. The van der Waals surface area contributed by atoms with Crippen LogP contribution in [-0.2, 0) is 0 Å². The molecule has 2 heterocycles. The summed E-state index contributed by atoms with van der Waals surface area (Å²) in [5.74, 6) is 1.35. The van der Waals surface area contributed by atoms with Crippen molar-refractivity contribution in [1.29, 1.82) is 0 Å². The summed E-state index contributed by atoms with van der Waals surface area (Å²) >= 11 is 11.2. The SMILES string of the molecule is CNc1nc(Nc2cc(Cl)ccc2Br)c2cc(C)sc2n1. The first-order valence-corrected chi connectivity index (χ1v) is 8.23. The Balaban J connectivity index is 2.12. The zero-order chi connectivity index (χ0) is 15.0. The predicted molar refractivity (Wildman–Crippen MR) is 94.1 cm³/mol. The van der Waals surface area contributed by atoms with Crippen LogP contribution in [-0.4, -0.2) is 17.0 Å². The van der Waals surface area contributed by atoms with E-state index in [1.165, 1.54) is 4.88 Å². The summed E-state index contributed by atoms with van der Waals surface area (Å²) in [4.78, 5) is 11.1. The minimum atomic E-state index is 0.588. The summed E-state index contributed by atoms with van der Waals surface area (Å²) in [7, 11) is 1.81. The zero-order valence-electron chi connectivity index (χ0n) is 11.4. The van der Waals surface area contributed by atoms with Gasteiger partial charge in [-0.1, -0.05) is 11.6 Å². The maximum absolute atomic E-state index is 6.06. The lowest BCUT2D eigenvalue weighted by atomic mass is 10.3. The van der Waals surface area contributed by atoms with Gasteiger partial charge in [-0.15, -0.1) is 11.3 Å². The second kappa shape index (κ2) is 5.79. The highest BCUT2D eigenvalue weighted by atomic mass is 79.9. The van der Waals surface area contributed by atoms with Gasteiger partial charge in [0.05, 0.1) is 11.1 Å². The number of nitrogens with zero attached hydrogens (tertiary/aromatic N) is 2. The van der Waals surface area contributed by atoms with Crippen molar-refractivity contribution in [1.82, 2.24) is 9.97 Å². The first-order chi connectivity index (χ1) is 10.1. The third-order valence-electron chi connectivity index (χ3n) is 2.92. The molecular formula is C14H12BrClN4S. The summed E-state index contributed by atoms with van der Waals surface area (Å²) in [5.41, 5.74) is 0.869. The average Bonchev–Trinajstić information content (AvgIpc) is 2.83. The normalized spacial score (nSPS) is 10.9. The Morgan fingerprint density at radius 1 is 1.24 bits per heavy atom. The lowest BCUT2D eigenvalue weighted by Gasteiger charge is -2.10. The molecule has 0 saturated carbocycles. The number of rotatable bonds is 3. The van der Waals surface area contributed by atoms with E-state index < -0.39 is 0 Å². The van der Waals surface area contributed by atoms with Crippen molar-refractivity contribution in [3.05, 3.63) is 38.6 Å². The first-order valence-electron chi connectivity index (χ1n) is 6.25. The highest BCUT2D eigenvalue weighted by Gasteiger charge is 2.11. The topological polar surface area (TPSA) is 49.8 Å². The van der Waals surface area contributed by atoms with Crippen molar-refractivity contribution in [2.75, 3.05) is 17.7 Å². The number of anilines is 3. The van der Waals surface area contributed by atoms with Crippen LogP contribution < -0.4 is 10.6 Å². The van der Waals surface area contributed by atoms with Gasteiger partial charge in [0, 0.05) is 21.4 Å². The number of halogens is 2. The number of aromatic nitrogens is 2. The Morgan fingerprint density at radius 2 is 2.05 bits per heavy atom. The Morgan fingerprint density at radius 3 is 2.81 bits per heavy atom. The van der Waals surface area contributed by atoms with Crippen LogP contribution in [0.4, 0.5) is 17.5 Å². The van der Waals surface area contributed by atoms with Gasteiger partial charge in [-0.3, -0.25) is 0 Å². The maximum Gasteiger partial charge on any atom is 0.225 e. The molecule has 0 bridgehead atoms. The molecule has 0 aliphatic carbocycles. The molecule has 0 spiro atoms. The quantitative estimate of drug-likeness (QED) is 0.652. The molecule has 2 N–H and O–H groups in total. The number of nitrogens with one attached hydrogen (secondary N) is 2. The van der Waals surface area contributed by atoms with E-state index in [0.717, 1.165) is 26.2 Å². The van der Waals surface area contributed by atoms with E-state index in [4.69, 9.17) is 11.6 Å². The van der Waals surface area contributed by atoms with Gasteiger partial charge in [0.15, 0.2) is 0 Å². The minimum Gasteiger partial charge on any atom is -0.357 e. The van der Waals surface area contributed by atoms with Gasteiger partial charge in [0.1, 0.15) is 10.6 Å². The van der Waals surface area contributed by atoms with Crippen LogP contribution in [0.3, 0.4) is 0 Å². The van der Waals surface area contributed by atoms with Gasteiger partial charge in [-0.2, -0.15) is 4.98 Å². The van der Waals surface area contributed by atoms with E-state index in [1.54, 1.807) is 18.4 Å². The van der Waals surface area contributed by atoms with E-state index >= 15 is 0 Å². The molecule has 3 aromatic rings. The first kappa shape index (κ1) is 14.6. The molecule has 0 radical (unpaired) electrons. The monoisotopic (exact) mass is 382 g/mol. The third kappa shape index (κ3) is 2.97. The van der Waals surface area contributed by atoms with Crippen LogP contribution in [0.2, 0.25) is 5.02 Å². The zero-order valence-corrected chi connectivity index (χ0v) is 14.5. The van der Waals surface area contributed by atoms with Crippen molar-refractivity contribution >= 4 is 66.5 Å². The Kier molecular flexibility index (Phi) is 4.01. The van der Waals surface area contributed by atoms with Crippen molar-refractivity contribution in [3.8, 4) is 0 Å². The maximum atomic E-state index is 6.06. The van der Waals surface area contributed by atoms with Crippen LogP contribution in [0.1, 0.15) is 4.88 Å². The molecule has 2 aromatic heterocycles. The van der Waals surface area contributed by atoms with Gasteiger partial charge in [-0.05, 0) is 47.1 Å². The van der Waals surface area contributed by atoms with Gasteiger partial charge in [-0.25, -0.2) is 4.98 Å². The lowest BCUT2D eigenvalue weighted by Crippen LogP contribution is -2.01. The summed E-state index contributed by atoms with van der Waals surface area (Å²) in [5, 5.41) is 7.99. The van der Waals surface area contributed by atoms with Gasteiger partial charge in [0.2, 0.25) is 5.95 Å². The highest BCUT2D eigenvalue weighted by molar-refractivity contribution is 9.10. The van der Waals surface area contributed by atoms with E-state index in [9.17, 15) is 0 Å². The van der Waals surface area contributed by atoms with Crippen LogP contribution in [0.5, 0.6) is 0 Å². The van der Waals surface area contributed by atoms with Crippen molar-refractivity contribution in [2.45, 2.75) is 6.92 Å². The molecule has 0 aliphatic heterocycles. The Bertz CT molecular complexity index is 818. The minimum absolute atomic E-state index is 0.588. The molecule has 21 heavy (non-hydrogen) atoms. The molecule has 0 amide bonds. The van der Waals surface area contributed by atoms with Gasteiger partial charge in [0.25, 0.3) is 0 Å². The second-order valence-electron chi connectivity index (χ2n) is 4.47. The smallest absolute Gasteiger partial charge is 0.225 e. The molecular weight excluding hydrogens is 372 g/mol. The summed E-state index contributed by atoms with van der Waals surface area (Å²) < 4.78 is 0.927. The fourth-order valence-corrected chi connectivity index (χ4v) is 3.37. The number of hydrogen-bond donors (Lipinski definition) is 2. The van der Waals surface area contributed by atoms with Gasteiger partial charge >= 0.3 is 0 Å². The van der Waals surface area contributed by atoms with E-state index in [1.807, 2.05) is 18.2 Å². The standard InChI is InChI=1S/C14H12BrClN4S/c1-7-5-9-12(19-14(17-2)20-13(9)21-7)18-11-6-8(16)3-4-10(11)15/h3-6H,1-2H3,(H2,17,18,19,20). The number of hydrogen-bond acceptors (Lipinski definition) is 5. The van der Waals surface area contributed by atoms with Crippen molar-refractivity contribution < 1.29 is 0 Å². The molecule has 3 rings (SSSR count). The van der Waals surface area contributed by atoms with E-state index in [2.05, 4.69) is 49.5 Å². The molecule has 0 aliphatic rings. The fraction of sp³-hybridized carbons (Fsp3) is 0.143. The molecule has 0 unspecified atom stereocenters. The van der Waals surface area contributed by atoms with Crippen LogP contribution in [0, 0.1) is 6.92 Å². The average molecular weight is 384 g/mol. The molecule has 0 saturated heterocycles. The number of thiophene rings is 1. The molecule has 7 heteroatoms. The molecule has 0 fully saturated rings. The Labute approximate surface area is 139 Å². The number of fused-ring (bicyclic) bond motifs is 1. The second-order valence-corrected chi connectivity index (χ2v) is 7.00. The molecule has 0 atom stereocenters. The van der Waals surface area contributed by atoms with Crippen LogP contribution in [0.25, 0.3) is 10.2 Å². The molecule has 108 valence electrons. The predicted octanol–water partition coefficient (Wildman–Crippen LogP) is 5.20. The molecule has 4 nitrogen and oxygen atoms in total. The van der Waals surface area contributed by atoms with Crippen molar-refractivity contribution in [3.63, 3.8) is 0 Å².